The molecule has 108 valence electrons. The molecule has 2 heterocycles. The Hall–Kier alpha value is -1.80. The first-order valence-corrected chi connectivity index (χ1v) is 7.84. The van der Waals surface area contributed by atoms with E-state index in [0.717, 1.165) is 13.0 Å². The molecule has 4 rings (SSSR count). The molecule has 0 saturated carbocycles. The molecular formula is C19H22N2. The first-order chi connectivity index (χ1) is 10.2. The van der Waals surface area contributed by atoms with Gasteiger partial charge in [-0.05, 0) is 41.2 Å². The Morgan fingerprint density at radius 3 is 2.52 bits per heavy atom. The molecule has 2 aliphatic heterocycles. The first kappa shape index (κ1) is 12.9. The van der Waals surface area contributed by atoms with Crippen molar-refractivity contribution in [3.05, 3.63) is 64.7 Å². The standard InChI is InChI=1S/C19H22N2/c1-20(2)17-9-5-8-14-10-11-21-13-16-7-4-3-6-15(16)12-18(21)19(14)17/h3-9,18H,10-13H2,1-2H3. The van der Waals surface area contributed by atoms with Crippen molar-refractivity contribution in [2.24, 2.45) is 0 Å². The van der Waals surface area contributed by atoms with Gasteiger partial charge in [0.15, 0.2) is 0 Å². The SMILES string of the molecule is CN(C)c1cccc2c1C1Cc3ccccc3CN1CC2. The molecule has 0 fully saturated rings. The number of hydrogen-bond donors (Lipinski definition) is 0. The Kier molecular flexibility index (Phi) is 3.00. The van der Waals surface area contributed by atoms with Crippen molar-refractivity contribution in [1.82, 2.24) is 4.90 Å². The van der Waals surface area contributed by atoms with E-state index in [1.807, 2.05) is 0 Å². The van der Waals surface area contributed by atoms with Crippen molar-refractivity contribution < 1.29 is 0 Å². The molecule has 21 heavy (non-hydrogen) atoms. The maximum Gasteiger partial charge on any atom is 0.0415 e. The van der Waals surface area contributed by atoms with Crippen LogP contribution in [0.4, 0.5) is 5.69 Å². The van der Waals surface area contributed by atoms with Gasteiger partial charge in [0.2, 0.25) is 0 Å². The van der Waals surface area contributed by atoms with Crippen LogP contribution in [0.5, 0.6) is 0 Å². The van der Waals surface area contributed by atoms with Crippen LogP contribution in [0.1, 0.15) is 28.3 Å². The van der Waals surface area contributed by atoms with Gasteiger partial charge in [0, 0.05) is 38.9 Å². The maximum atomic E-state index is 2.66. The van der Waals surface area contributed by atoms with Gasteiger partial charge in [0.1, 0.15) is 0 Å². The molecule has 2 aliphatic rings. The highest BCUT2D eigenvalue weighted by molar-refractivity contribution is 5.59. The number of hydrogen-bond acceptors (Lipinski definition) is 2. The second-order valence-electron chi connectivity index (χ2n) is 6.45. The summed E-state index contributed by atoms with van der Waals surface area (Å²) in [7, 11) is 4.32. The van der Waals surface area contributed by atoms with Gasteiger partial charge in [-0.1, -0.05) is 36.4 Å². The zero-order valence-electron chi connectivity index (χ0n) is 12.8. The van der Waals surface area contributed by atoms with E-state index in [9.17, 15) is 0 Å². The number of nitrogens with zero attached hydrogens (tertiary/aromatic N) is 2. The molecule has 0 radical (unpaired) electrons. The van der Waals surface area contributed by atoms with E-state index < -0.39 is 0 Å². The van der Waals surface area contributed by atoms with Crippen LogP contribution in [0.15, 0.2) is 42.5 Å². The van der Waals surface area contributed by atoms with E-state index in [1.54, 1.807) is 11.1 Å². The molecule has 0 amide bonds. The van der Waals surface area contributed by atoms with Crippen LogP contribution in [0.25, 0.3) is 0 Å². The van der Waals surface area contributed by atoms with Crippen molar-refractivity contribution in [2.75, 3.05) is 25.5 Å². The summed E-state index contributed by atoms with van der Waals surface area (Å²) in [6.45, 7) is 2.28. The van der Waals surface area contributed by atoms with E-state index in [0.29, 0.717) is 6.04 Å². The highest BCUT2D eigenvalue weighted by Gasteiger charge is 2.33. The smallest absolute Gasteiger partial charge is 0.0415 e. The van der Waals surface area contributed by atoms with Crippen LogP contribution in [0.3, 0.4) is 0 Å². The fourth-order valence-corrected chi connectivity index (χ4v) is 3.95. The average Bonchev–Trinajstić information content (AvgIpc) is 2.52. The summed E-state index contributed by atoms with van der Waals surface area (Å²) >= 11 is 0. The predicted molar refractivity (Wildman–Crippen MR) is 87.8 cm³/mol. The van der Waals surface area contributed by atoms with Crippen LogP contribution < -0.4 is 4.90 Å². The lowest BCUT2D eigenvalue weighted by atomic mass is 9.83. The summed E-state index contributed by atoms with van der Waals surface area (Å²) in [5.41, 5.74) is 7.53. The van der Waals surface area contributed by atoms with Crippen molar-refractivity contribution in [3.8, 4) is 0 Å². The zero-order valence-corrected chi connectivity index (χ0v) is 12.8. The number of benzene rings is 2. The molecule has 1 unspecified atom stereocenters. The molecule has 2 heteroatoms. The molecular weight excluding hydrogens is 256 g/mol. The minimum absolute atomic E-state index is 0.544. The maximum absolute atomic E-state index is 2.66. The van der Waals surface area contributed by atoms with Crippen LogP contribution in [-0.4, -0.2) is 25.5 Å². The predicted octanol–water partition coefficient (Wildman–Crippen LogP) is 3.41. The van der Waals surface area contributed by atoms with Gasteiger partial charge in [-0.3, -0.25) is 4.90 Å². The molecule has 2 aromatic rings. The monoisotopic (exact) mass is 278 g/mol. The lowest BCUT2D eigenvalue weighted by Crippen LogP contribution is -2.40. The van der Waals surface area contributed by atoms with Crippen LogP contribution in [-0.2, 0) is 19.4 Å². The second-order valence-corrected chi connectivity index (χ2v) is 6.45. The minimum atomic E-state index is 0.544. The average molecular weight is 278 g/mol. The van der Waals surface area contributed by atoms with Crippen molar-refractivity contribution in [2.45, 2.75) is 25.4 Å². The fraction of sp³-hybridized carbons (Fsp3) is 0.368. The molecule has 0 saturated heterocycles. The van der Waals surface area contributed by atoms with Gasteiger partial charge in [0.25, 0.3) is 0 Å². The Bertz CT molecular complexity index is 675. The highest BCUT2D eigenvalue weighted by Crippen LogP contribution is 2.41. The van der Waals surface area contributed by atoms with Crippen molar-refractivity contribution >= 4 is 5.69 Å². The number of rotatable bonds is 1. The molecule has 0 spiro atoms. The Morgan fingerprint density at radius 2 is 1.71 bits per heavy atom. The number of fused-ring (bicyclic) bond motifs is 4. The normalized spacial score (nSPS) is 20.4. The lowest BCUT2D eigenvalue weighted by molar-refractivity contribution is 0.161. The molecule has 0 aliphatic carbocycles. The summed E-state index contributed by atoms with van der Waals surface area (Å²) < 4.78 is 0. The van der Waals surface area contributed by atoms with Crippen molar-refractivity contribution in [3.63, 3.8) is 0 Å². The summed E-state index contributed by atoms with van der Waals surface area (Å²) in [6.07, 6.45) is 2.32. The van der Waals surface area contributed by atoms with E-state index in [1.165, 1.54) is 29.8 Å². The quantitative estimate of drug-likeness (QED) is 0.789. The second kappa shape index (κ2) is 4.88. The largest absolute Gasteiger partial charge is 0.377 e. The molecule has 1 atom stereocenters. The zero-order chi connectivity index (χ0) is 14.4. The highest BCUT2D eigenvalue weighted by atomic mass is 15.2. The van der Waals surface area contributed by atoms with Gasteiger partial charge in [0.05, 0.1) is 0 Å². The summed E-state index contributed by atoms with van der Waals surface area (Å²) in [4.78, 5) is 4.93. The van der Waals surface area contributed by atoms with Gasteiger partial charge in [-0.2, -0.15) is 0 Å². The first-order valence-electron chi connectivity index (χ1n) is 7.84. The number of anilines is 1. The fourth-order valence-electron chi connectivity index (χ4n) is 3.95. The van der Waals surface area contributed by atoms with Crippen molar-refractivity contribution in [1.29, 1.82) is 0 Å². The molecule has 2 aromatic carbocycles. The van der Waals surface area contributed by atoms with E-state index >= 15 is 0 Å². The van der Waals surface area contributed by atoms with Crippen LogP contribution in [0.2, 0.25) is 0 Å². The third-order valence-corrected chi connectivity index (χ3v) is 5.00. The van der Waals surface area contributed by atoms with Gasteiger partial charge in [-0.15, -0.1) is 0 Å². The minimum Gasteiger partial charge on any atom is -0.377 e. The summed E-state index contributed by atoms with van der Waals surface area (Å²) in [5.74, 6) is 0. The summed E-state index contributed by atoms with van der Waals surface area (Å²) in [6, 6.07) is 16.3. The Balaban J connectivity index is 1.82. The summed E-state index contributed by atoms with van der Waals surface area (Å²) in [5, 5.41) is 0. The van der Waals surface area contributed by atoms with E-state index in [4.69, 9.17) is 0 Å². The molecule has 0 bridgehead atoms. The van der Waals surface area contributed by atoms with E-state index in [2.05, 4.69) is 66.4 Å². The van der Waals surface area contributed by atoms with E-state index in [-0.39, 0.29) is 0 Å². The Labute approximate surface area is 127 Å². The third-order valence-electron chi connectivity index (χ3n) is 5.00. The Morgan fingerprint density at radius 1 is 0.952 bits per heavy atom. The van der Waals surface area contributed by atoms with Gasteiger partial charge in [-0.25, -0.2) is 0 Å². The molecule has 0 aromatic heterocycles. The van der Waals surface area contributed by atoms with Crippen LogP contribution in [0, 0.1) is 0 Å². The third kappa shape index (κ3) is 2.06. The molecule has 0 N–H and O–H groups in total. The van der Waals surface area contributed by atoms with Gasteiger partial charge >= 0.3 is 0 Å². The molecule has 2 nitrogen and oxygen atoms in total. The lowest BCUT2D eigenvalue weighted by Gasteiger charge is -2.43. The topological polar surface area (TPSA) is 6.48 Å². The van der Waals surface area contributed by atoms with Crippen LogP contribution >= 0.6 is 0 Å². The van der Waals surface area contributed by atoms with Gasteiger partial charge < -0.3 is 4.90 Å².